The van der Waals surface area contributed by atoms with E-state index in [1.165, 1.54) is 14.0 Å². The van der Waals surface area contributed by atoms with Gasteiger partial charge in [-0.05, 0) is 32.0 Å². The number of nitrogens with one attached hydrogen (secondary N) is 2. The molecule has 0 aliphatic heterocycles. The minimum absolute atomic E-state index is 0.0710. The highest BCUT2D eigenvalue weighted by atomic mass is 16.5. The lowest BCUT2D eigenvalue weighted by Crippen LogP contribution is -2.16. The van der Waals surface area contributed by atoms with E-state index in [1.54, 1.807) is 35.1 Å². The quantitative estimate of drug-likeness (QED) is 0.442. The maximum atomic E-state index is 13.5. The summed E-state index contributed by atoms with van der Waals surface area (Å²) in [5, 5.41) is 10.8. The van der Waals surface area contributed by atoms with Gasteiger partial charge < -0.3 is 15.4 Å². The smallest absolute Gasteiger partial charge is 0.256 e. The molecule has 0 spiro atoms. The SMILES string of the molecule is COc1ccc(NC(C)=O)c(NC(=O)c2cc(-c3ccccc3)nc3c2cnn3C(C)C)c1. The second-order valence-electron chi connectivity index (χ2n) is 7.89. The number of rotatable bonds is 6. The van der Waals surface area contributed by atoms with Gasteiger partial charge in [0.1, 0.15) is 5.75 Å². The van der Waals surface area contributed by atoms with Gasteiger partial charge in [0.15, 0.2) is 5.65 Å². The third-order valence-corrected chi connectivity index (χ3v) is 5.16. The summed E-state index contributed by atoms with van der Waals surface area (Å²) in [6.45, 7) is 5.44. The van der Waals surface area contributed by atoms with Crippen molar-refractivity contribution in [3.05, 3.63) is 66.4 Å². The van der Waals surface area contributed by atoms with E-state index in [0.29, 0.717) is 39.4 Å². The number of amides is 2. The summed E-state index contributed by atoms with van der Waals surface area (Å²) in [7, 11) is 1.54. The van der Waals surface area contributed by atoms with Crippen LogP contribution in [0, 0.1) is 0 Å². The molecule has 0 aliphatic carbocycles. The van der Waals surface area contributed by atoms with Crippen LogP contribution in [0.5, 0.6) is 5.75 Å². The van der Waals surface area contributed by atoms with Gasteiger partial charge >= 0.3 is 0 Å². The number of ether oxygens (including phenoxy) is 1. The van der Waals surface area contributed by atoms with E-state index in [-0.39, 0.29) is 17.9 Å². The van der Waals surface area contributed by atoms with Crippen LogP contribution in [0.3, 0.4) is 0 Å². The van der Waals surface area contributed by atoms with Crippen LogP contribution in [0.1, 0.15) is 37.2 Å². The van der Waals surface area contributed by atoms with Crippen molar-refractivity contribution in [2.75, 3.05) is 17.7 Å². The van der Waals surface area contributed by atoms with Crippen molar-refractivity contribution in [3.8, 4) is 17.0 Å². The number of benzene rings is 2. The minimum Gasteiger partial charge on any atom is -0.497 e. The molecule has 0 bridgehead atoms. The van der Waals surface area contributed by atoms with E-state index >= 15 is 0 Å². The fourth-order valence-electron chi connectivity index (χ4n) is 3.58. The van der Waals surface area contributed by atoms with Crippen LogP contribution in [0.25, 0.3) is 22.3 Å². The Bertz CT molecular complexity index is 1330. The monoisotopic (exact) mass is 443 g/mol. The topological polar surface area (TPSA) is 98.1 Å². The molecular formula is C25H25N5O3. The Morgan fingerprint density at radius 2 is 1.76 bits per heavy atom. The fourth-order valence-corrected chi connectivity index (χ4v) is 3.58. The largest absolute Gasteiger partial charge is 0.497 e. The Labute approximate surface area is 191 Å². The summed E-state index contributed by atoms with van der Waals surface area (Å²) >= 11 is 0. The number of pyridine rings is 1. The minimum atomic E-state index is -0.345. The number of carbonyl (C=O) groups is 2. The molecule has 4 rings (SSSR count). The molecule has 0 saturated heterocycles. The molecule has 4 aromatic rings. The molecule has 2 amide bonds. The molecule has 0 unspecified atom stereocenters. The molecule has 0 radical (unpaired) electrons. The Hall–Kier alpha value is -4.20. The first kappa shape index (κ1) is 22.0. The molecule has 0 saturated carbocycles. The van der Waals surface area contributed by atoms with Gasteiger partial charge in [0.05, 0.1) is 41.3 Å². The van der Waals surface area contributed by atoms with Gasteiger partial charge in [-0.25, -0.2) is 9.67 Å². The van der Waals surface area contributed by atoms with E-state index in [2.05, 4.69) is 15.7 Å². The second kappa shape index (κ2) is 9.12. The summed E-state index contributed by atoms with van der Waals surface area (Å²) in [6.07, 6.45) is 1.66. The molecule has 168 valence electrons. The maximum absolute atomic E-state index is 13.5. The van der Waals surface area contributed by atoms with Crippen LogP contribution < -0.4 is 15.4 Å². The molecule has 8 nitrogen and oxygen atoms in total. The van der Waals surface area contributed by atoms with Crippen LogP contribution in [-0.4, -0.2) is 33.7 Å². The van der Waals surface area contributed by atoms with Gasteiger partial charge in [-0.3, -0.25) is 9.59 Å². The first-order chi connectivity index (χ1) is 15.9. The highest BCUT2D eigenvalue weighted by Gasteiger charge is 2.20. The summed E-state index contributed by atoms with van der Waals surface area (Å²) in [6, 6.07) is 16.6. The molecule has 2 heterocycles. The molecule has 0 fully saturated rings. The van der Waals surface area contributed by atoms with Crippen molar-refractivity contribution >= 4 is 34.2 Å². The zero-order valence-electron chi connectivity index (χ0n) is 18.9. The highest BCUT2D eigenvalue weighted by molar-refractivity contribution is 6.14. The van der Waals surface area contributed by atoms with Crippen LogP contribution in [0.15, 0.2) is 60.8 Å². The molecule has 33 heavy (non-hydrogen) atoms. The van der Waals surface area contributed by atoms with Crippen molar-refractivity contribution in [3.63, 3.8) is 0 Å². The molecule has 2 aromatic carbocycles. The van der Waals surface area contributed by atoms with Gasteiger partial charge in [-0.15, -0.1) is 0 Å². The second-order valence-corrected chi connectivity index (χ2v) is 7.89. The van der Waals surface area contributed by atoms with Crippen LogP contribution in [0.4, 0.5) is 11.4 Å². The van der Waals surface area contributed by atoms with Crippen molar-refractivity contribution < 1.29 is 14.3 Å². The van der Waals surface area contributed by atoms with E-state index in [9.17, 15) is 9.59 Å². The van der Waals surface area contributed by atoms with E-state index in [0.717, 1.165) is 5.56 Å². The number of fused-ring (bicyclic) bond motifs is 1. The van der Waals surface area contributed by atoms with Crippen LogP contribution >= 0.6 is 0 Å². The lowest BCUT2D eigenvalue weighted by atomic mass is 10.1. The molecule has 8 heteroatoms. The summed E-state index contributed by atoms with van der Waals surface area (Å²) in [4.78, 5) is 29.9. The normalized spacial score (nSPS) is 10.9. The molecule has 2 aromatic heterocycles. The third kappa shape index (κ3) is 4.55. The Balaban J connectivity index is 1.82. The zero-order chi connectivity index (χ0) is 23.5. The first-order valence-electron chi connectivity index (χ1n) is 10.6. The summed E-state index contributed by atoms with van der Waals surface area (Å²) < 4.78 is 7.09. The summed E-state index contributed by atoms with van der Waals surface area (Å²) in [5.41, 5.74) is 3.53. The lowest BCUT2D eigenvalue weighted by Gasteiger charge is -2.14. The predicted molar refractivity (Wildman–Crippen MR) is 129 cm³/mol. The van der Waals surface area contributed by atoms with Gasteiger partial charge in [0.25, 0.3) is 5.91 Å². The molecule has 0 aliphatic rings. The van der Waals surface area contributed by atoms with Crippen molar-refractivity contribution in [1.82, 2.24) is 14.8 Å². The molecule has 2 N–H and O–H groups in total. The Morgan fingerprint density at radius 3 is 2.42 bits per heavy atom. The predicted octanol–water partition coefficient (Wildman–Crippen LogP) is 4.90. The average Bonchev–Trinajstić information content (AvgIpc) is 3.24. The first-order valence-corrected chi connectivity index (χ1v) is 10.6. The van der Waals surface area contributed by atoms with E-state index < -0.39 is 0 Å². The van der Waals surface area contributed by atoms with Gasteiger partial charge in [-0.2, -0.15) is 5.10 Å². The van der Waals surface area contributed by atoms with Crippen molar-refractivity contribution in [2.45, 2.75) is 26.8 Å². The highest BCUT2D eigenvalue weighted by Crippen LogP contribution is 2.30. The van der Waals surface area contributed by atoms with E-state index in [1.807, 2.05) is 44.2 Å². The van der Waals surface area contributed by atoms with Gasteiger partial charge in [0, 0.05) is 24.6 Å². The third-order valence-electron chi connectivity index (χ3n) is 5.16. The number of methoxy groups -OCH3 is 1. The number of carbonyl (C=O) groups excluding carboxylic acids is 2. The summed E-state index contributed by atoms with van der Waals surface area (Å²) in [5.74, 6) is -0.0360. The molecular weight excluding hydrogens is 418 g/mol. The Kier molecular flexibility index (Phi) is 6.08. The molecule has 0 atom stereocenters. The number of hydrogen-bond acceptors (Lipinski definition) is 5. The van der Waals surface area contributed by atoms with Gasteiger partial charge in [-0.1, -0.05) is 30.3 Å². The lowest BCUT2D eigenvalue weighted by molar-refractivity contribution is -0.114. The van der Waals surface area contributed by atoms with Gasteiger partial charge in [0.2, 0.25) is 5.91 Å². The fraction of sp³-hybridized carbons (Fsp3) is 0.200. The average molecular weight is 444 g/mol. The van der Waals surface area contributed by atoms with Crippen LogP contribution in [0.2, 0.25) is 0 Å². The van der Waals surface area contributed by atoms with E-state index in [4.69, 9.17) is 9.72 Å². The van der Waals surface area contributed by atoms with Crippen molar-refractivity contribution in [1.29, 1.82) is 0 Å². The number of hydrogen-bond donors (Lipinski definition) is 2. The van der Waals surface area contributed by atoms with Crippen molar-refractivity contribution in [2.24, 2.45) is 0 Å². The standard InChI is InChI=1S/C25H25N5O3/c1-15(2)30-24-20(14-26-30)19(13-22(28-24)17-8-6-5-7-9-17)25(32)29-23-12-18(33-4)10-11-21(23)27-16(3)31/h5-15H,1-4H3,(H,27,31)(H,29,32). The number of anilines is 2. The zero-order valence-corrected chi connectivity index (χ0v) is 18.9. The number of nitrogens with zero attached hydrogens (tertiary/aromatic N) is 3. The maximum Gasteiger partial charge on any atom is 0.256 e. The van der Waals surface area contributed by atoms with Crippen LogP contribution in [-0.2, 0) is 4.79 Å². The Morgan fingerprint density at radius 1 is 1.00 bits per heavy atom. The number of aromatic nitrogens is 3.